The van der Waals surface area contributed by atoms with Gasteiger partial charge in [-0.25, -0.2) is 0 Å². The molecule has 1 saturated carbocycles. The Labute approximate surface area is 118 Å². The highest BCUT2D eigenvalue weighted by Gasteiger charge is 2.26. The summed E-state index contributed by atoms with van der Waals surface area (Å²) in [7, 11) is 0. The molecule has 1 aromatic carbocycles. The number of Topliss-reactive ketones (excluding diaryl/α,β-unsaturated/α-hetero) is 1. The van der Waals surface area contributed by atoms with E-state index in [1.807, 2.05) is 0 Å². The standard InChI is InChI=1S/C15H18Cl2O/c1-2-10-3-5-11(6-4-10)15(18)12-7-8-13(16)14(17)9-12/h7-11H,2-6H2,1H3. The minimum absolute atomic E-state index is 0.171. The van der Waals surface area contributed by atoms with E-state index in [0.717, 1.165) is 18.8 Å². The fraction of sp³-hybridized carbons (Fsp3) is 0.533. The van der Waals surface area contributed by atoms with Crippen molar-refractivity contribution in [1.29, 1.82) is 0 Å². The molecule has 0 heterocycles. The summed E-state index contributed by atoms with van der Waals surface area (Å²) in [6.07, 6.45) is 5.60. The van der Waals surface area contributed by atoms with Gasteiger partial charge in [0.15, 0.2) is 5.78 Å². The van der Waals surface area contributed by atoms with Crippen LogP contribution in [0.2, 0.25) is 10.0 Å². The van der Waals surface area contributed by atoms with Gasteiger partial charge in [-0.1, -0.05) is 36.5 Å². The topological polar surface area (TPSA) is 17.1 Å². The summed E-state index contributed by atoms with van der Waals surface area (Å²) in [5.41, 5.74) is 0.698. The van der Waals surface area contributed by atoms with E-state index in [0.29, 0.717) is 15.6 Å². The monoisotopic (exact) mass is 284 g/mol. The highest BCUT2D eigenvalue weighted by atomic mass is 35.5. The molecule has 0 N–H and O–H groups in total. The fourth-order valence-electron chi connectivity index (χ4n) is 2.72. The van der Waals surface area contributed by atoms with Gasteiger partial charge in [0.25, 0.3) is 0 Å². The van der Waals surface area contributed by atoms with Crippen LogP contribution in [0.15, 0.2) is 18.2 Å². The fourth-order valence-corrected chi connectivity index (χ4v) is 3.02. The van der Waals surface area contributed by atoms with Crippen LogP contribution in [0.25, 0.3) is 0 Å². The molecule has 1 fully saturated rings. The number of carbonyl (C=O) groups excluding carboxylic acids is 1. The third-order valence-electron chi connectivity index (χ3n) is 4.00. The van der Waals surface area contributed by atoms with E-state index in [1.165, 1.54) is 19.3 Å². The van der Waals surface area contributed by atoms with Crippen molar-refractivity contribution in [2.75, 3.05) is 0 Å². The second kappa shape index (κ2) is 6.08. The Hall–Kier alpha value is -0.530. The van der Waals surface area contributed by atoms with Crippen LogP contribution in [0.5, 0.6) is 0 Å². The first-order valence-electron chi connectivity index (χ1n) is 6.61. The average Bonchev–Trinajstić information content (AvgIpc) is 2.41. The Morgan fingerprint density at radius 1 is 1.17 bits per heavy atom. The van der Waals surface area contributed by atoms with Crippen molar-refractivity contribution < 1.29 is 4.79 Å². The van der Waals surface area contributed by atoms with E-state index >= 15 is 0 Å². The maximum absolute atomic E-state index is 12.4. The van der Waals surface area contributed by atoms with Crippen molar-refractivity contribution in [2.45, 2.75) is 39.0 Å². The molecule has 3 heteroatoms. The molecule has 2 rings (SSSR count). The molecule has 0 aromatic heterocycles. The number of rotatable bonds is 3. The van der Waals surface area contributed by atoms with Crippen molar-refractivity contribution in [2.24, 2.45) is 11.8 Å². The second-order valence-corrected chi connectivity index (χ2v) is 5.93. The Kier molecular flexibility index (Phi) is 4.69. The van der Waals surface area contributed by atoms with Gasteiger partial charge in [0.1, 0.15) is 0 Å². The van der Waals surface area contributed by atoms with Crippen LogP contribution in [0, 0.1) is 11.8 Å². The molecule has 1 aliphatic carbocycles. The third kappa shape index (κ3) is 3.07. The van der Waals surface area contributed by atoms with Gasteiger partial charge < -0.3 is 0 Å². The van der Waals surface area contributed by atoms with Gasteiger partial charge in [0.2, 0.25) is 0 Å². The zero-order valence-corrected chi connectivity index (χ0v) is 12.1. The van der Waals surface area contributed by atoms with Gasteiger partial charge >= 0.3 is 0 Å². The Bertz CT molecular complexity index is 434. The average molecular weight is 285 g/mol. The number of carbonyl (C=O) groups is 1. The van der Waals surface area contributed by atoms with Crippen molar-refractivity contribution in [3.05, 3.63) is 33.8 Å². The lowest BCUT2D eigenvalue weighted by atomic mass is 9.78. The molecule has 0 unspecified atom stereocenters. The molecule has 1 nitrogen and oxygen atoms in total. The number of ketones is 1. The number of benzene rings is 1. The summed E-state index contributed by atoms with van der Waals surface area (Å²) in [5, 5.41) is 0.965. The van der Waals surface area contributed by atoms with Crippen LogP contribution in [0.1, 0.15) is 49.4 Å². The molecular weight excluding hydrogens is 267 g/mol. The molecular formula is C15H18Cl2O. The smallest absolute Gasteiger partial charge is 0.165 e. The van der Waals surface area contributed by atoms with Gasteiger partial charge in [0, 0.05) is 11.5 Å². The van der Waals surface area contributed by atoms with E-state index in [2.05, 4.69) is 6.92 Å². The zero-order chi connectivity index (χ0) is 13.1. The molecule has 0 amide bonds. The Balaban J connectivity index is 2.05. The van der Waals surface area contributed by atoms with E-state index in [-0.39, 0.29) is 11.7 Å². The zero-order valence-electron chi connectivity index (χ0n) is 10.6. The summed E-state index contributed by atoms with van der Waals surface area (Å²) < 4.78 is 0. The van der Waals surface area contributed by atoms with Gasteiger partial charge in [0.05, 0.1) is 10.0 Å². The van der Waals surface area contributed by atoms with Crippen LogP contribution in [0.4, 0.5) is 0 Å². The van der Waals surface area contributed by atoms with Gasteiger partial charge in [-0.3, -0.25) is 4.79 Å². The van der Waals surface area contributed by atoms with Crippen LogP contribution in [-0.4, -0.2) is 5.78 Å². The maximum Gasteiger partial charge on any atom is 0.165 e. The van der Waals surface area contributed by atoms with Crippen LogP contribution in [-0.2, 0) is 0 Å². The van der Waals surface area contributed by atoms with Crippen molar-refractivity contribution in [1.82, 2.24) is 0 Å². The van der Waals surface area contributed by atoms with E-state index in [4.69, 9.17) is 23.2 Å². The minimum atomic E-state index is 0.171. The van der Waals surface area contributed by atoms with Crippen molar-refractivity contribution >= 4 is 29.0 Å². The molecule has 98 valence electrons. The maximum atomic E-state index is 12.4. The largest absolute Gasteiger partial charge is 0.294 e. The van der Waals surface area contributed by atoms with Gasteiger partial charge in [-0.05, 0) is 49.8 Å². The molecule has 1 aromatic rings. The summed E-state index contributed by atoms with van der Waals surface area (Å²) in [5.74, 6) is 1.20. The van der Waals surface area contributed by atoms with Crippen LogP contribution < -0.4 is 0 Å². The normalized spacial score (nSPS) is 23.9. The number of hydrogen-bond donors (Lipinski definition) is 0. The summed E-state index contributed by atoms with van der Waals surface area (Å²) in [6.45, 7) is 2.23. The molecule has 0 atom stereocenters. The minimum Gasteiger partial charge on any atom is -0.294 e. The van der Waals surface area contributed by atoms with Crippen LogP contribution >= 0.6 is 23.2 Å². The SMILES string of the molecule is CCC1CCC(C(=O)c2ccc(Cl)c(Cl)c2)CC1. The summed E-state index contributed by atoms with van der Waals surface area (Å²) in [4.78, 5) is 12.4. The Morgan fingerprint density at radius 2 is 1.83 bits per heavy atom. The molecule has 0 aliphatic heterocycles. The lowest BCUT2D eigenvalue weighted by Gasteiger charge is -2.26. The summed E-state index contributed by atoms with van der Waals surface area (Å²) in [6, 6.07) is 5.18. The molecule has 1 aliphatic rings. The highest BCUT2D eigenvalue weighted by Crippen LogP contribution is 2.33. The Morgan fingerprint density at radius 3 is 2.39 bits per heavy atom. The predicted octanol–water partition coefficient (Wildman–Crippen LogP) is 5.39. The third-order valence-corrected chi connectivity index (χ3v) is 4.74. The first kappa shape index (κ1) is 13.9. The van der Waals surface area contributed by atoms with Crippen molar-refractivity contribution in [3.63, 3.8) is 0 Å². The molecule has 0 bridgehead atoms. The molecule has 0 spiro atoms. The predicted molar refractivity (Wildman–Crippen MR) is 76.5 cm³/mol. The summed E-state index contributed by atoms with van der Waals surface area (Å²) >= 11 is 11.8. The van der Waals surface area contributed by atoms with Crippen LogP contribution in [0.3, 0.4) is 0 Å². The first-order chi connectivity index (χ1) is 8.61. The van der Waals surface area contributed by atoms with E-state index in [9.17, 15) is 4.79 Å². The number of halogens is 2. The quantitative estimate of drug-likeness (QED) is 0.680. The first-order valence-corrected chi connectivity index (χ1v) is 7.36. The molecule has 0 saturated heterocycles. The van der Waals surface area contributed by atoms with E-state index in [1.54, 1.807) is 18.2 Å². The van der Waals surface area contributed by atoms with Gasteiger partial charge in [-0.15, -0.1) is 0 Å². The van der Waals surface area contributed by atoms with Gasteiger partial charge in [-0.2, -0.15) is 0 Å². The molecule has 0 radical (unpaired) electrons. The van der Waals surface area contributed by atoms with Crippen molar-refractivity contribution in [3.8, 4) is 0 Å². The lowest BCUT2D eigenvalue weighted by molar-refractivity contribution is 0.0871. The number of hydrogen-bond acceptors (Lipinski definition) is 1. The lowest BCUT2D eigenvalue weighted by Crippen LogP contribution is -2.21. The second-order valence-electron chi connectivity index (χ2n) is 5.12. The molecule has 18 heavy (non-hydrogen) atoms. The highest BCUT2D eigenvalue weighted by molar-refractivity contribution is 6.42. The van der Waals surface area contributed by atoms with E-state index < -0.39 is 0 Å².